The minimum absolute atomic E-state index is 0.0213. The lowest BCUT2D eigenvalue weighted by Crippen LogP contribution is -2.24. The number of carbonyl (C=O) groups excluding carboxylic acids is 1. The fourth-order valence-corrected chi connectivity index (χ4v) is 2.41. The smallest absolute Gasteiger partial charge is 0.263 e. The van der Waals surface area contributed by atoms with Crippen LogP contribution in [0.15, 0.2) is 35.5 Å². The van der Waals surface area contributed by atoms with Crippen molar-refractivity contribution >= 4 is 34.4 Å². The molecule has 22 heavy (non-hydrogen) atoms. The van der Waals surface area contributed by atoms with Crippen LogP contribution in [-0.4, -0.2) is 25.7 Å². The summed E-state index contributed by atoms with van der Waals surface area (Å²) in [5.41, 5.74) is 0.375. The van der Waals surface area contributed by atoms with Gasteiger partial charge in [0.1, 0.15) is 11.9 Å². The molecular formula is C14H12ClN5O2. The van der Waals surface area contributed by atoms with Gasteiger partial charge in [-0.3, -0.25) is 14.9 Å². The van der Waals surface area contributed by atoms with E-state index in [1.54, 1.807) is 18.2 Å². The number of nitrogens with zero attached hydrogens (tertiary/aromatic N) is 3. The Bertz CT molecular complexity index is 901. The van der Waals surface area contributed by atoms with Crippen molar-refractivity contribution in [1.29, 1.82) is 0 Å². The van der Waals surface area contributed by atoms with Crippen LogP contribution in [0.25, 0.3) is 10.9 Å². The highest BCUT2D eigenvalue weighted by molar-refractivity contribution is 6.31. The second-order valence-corrected chi connectivity index (χ2v) is 5.04. The molecule has 0 aliphatic rings. The minimum atomic E-state index is -0.550. The first-order valence-electron chi connectivity index (χ1n) is 6.59. The Balaban J connectivity index is 2.15. The number of benzene rings is 1. The highest BCUT2D eigenvalue weighted by Crippen LogP contribution is 2.18. The SMILES string of the molecule is CCn1cc(C(=O)Nc2ncn[nH]2)c(=O)c2cc(Cl)ccc21. The first-order chi connectivity index (χ1) is 10.6. The van der Waals surface area contributed by atoms with Crippen LogP contribution in [0, 0.1) is 0 Å². The van der Waals surface area contributed by atoms with Gasteiger partial charge in [0.25, 0.3) is 5.91 Å². The number of aryl methyl sites for hydroxylation is 1. The molecule has 2 N–H and O–H groups in total. The molecule has 3 rings (SSSR count). The Hall–Kier alpha value is -2.67. The lowest BCUT2D eigenvalue weighted by atomic mass is 10.1. The number of anilines is 1. The molecule has 8 heteroatoms. The zero-order chi connectivity index (χ0) is 15.7. The molecule has 112 valence electrons. The number of fused-ring (bicyclic) bond motifs is 1. The van der Waals surface area contributed by atoms with E-state index in [0.717, 1.165) is 5.52 Å². The molecule has 1 amide bonds. The van der Waals surface area contributed by atoms with E-state index in [2.05, 4.69) is 20.5 Å². The second-order valence-electron chi connectivity index (χ2n) is 4.61. The van der Waals surface area contributed by atoms with E-state index in [4.69, 9.17) is 11.6 Å². The molecule has 2 aromatic heterocycles. The average molecular weight is 318 g/mol. The van der Waals surface area contributed by atoms with E-state index < -0.39 is 5.91 Å². The van der Waals surface area contributed by atoms with Crippen molar-refractivity contribution in [3.63, 3.8) is 0 Å². The Kier molecular flexibility index (Phi) is 3.64. The number of rotatable bonds is 3. The van der Waals surface area contributed by atoms with Gasteiger partial charge < -0.3 is 4.57 Å². The highest BCUT2D eigenvalue weighted by atomic mass is 35.5. The Labute approximate surface area is 129 Å². The molecule has 3 aromatic rings. The predicted molar refractivity (Wildman–Crippen MR) is 83.2 cm³/mol. The minimum Gasteiger partial charge on any atom is -0.347 e. The summed E-state index contributed by atoms with van der Waals surface area (Å²) < 4.78 is 1.82. The number of H-pyrrole nitrogens is 1. The quantitative estimate of drug-likeness (QED) is 0.773. The number of hydrogen-bond donors (Lipinski definition) is 2. The molecule has 0 fully saturated rings. The maximum Gasteiger partial charge on any atom is 0.263 e. The molecule has 0 saturated carbocycles. The highest BCUT2D eigenvalue weighted by Gasteiger charge is 2.16. The molecule has 0 spiro atoms. The van der Waals surface area contributed by atoms with Gasteiger partial charge in [0, 0.05) is 23.2 Å². The third-order valence-corrected chi connectivity index (χ3v) is 3.51. The Morgan fingerprint density at radius 1 is 1.45 bits per heavy atom. The van der Waals surface area contributed by atoms with E-state index in [1.807, 2.05) is 11.5 Å². The van der Waals surface area contributed by atoms with Crippen LogP contribution < -0.4 is 10.7 Å². The van der Waals surface area contributed by atoms with Crippen molar-refractivity contribution in [3.05, 3.63) is 51.5 Å². The number of halogens is 1. The number of pyridine rings is 1. The normalized spacial score (nSPS) is 10.8. The number of aromatic amines is 1. The molecular weight excluding hydrogens is 306 g/mol. The summed E-state index contributed by atoms with van der Waals surface area (Å²) in [7, 11) is 0. The third kappa shape index (κ3) is 2.46. The van der Waals surface area contributed by atoms with Crippen molar-refractivity contribution in [1.82, 2.24) is 19.7 Å². The fraction of sp³-hybridized carbons (Fsp3) is 0.143. The van der Waals surface area contributed by atoms with Crippen molar-refractivity contribution < 1.29 is 4.79 Å². The standard InChI is InChI=1S/C14H12ClN5O2/c1-2-20-6-10(13(22)18-14-16-7-17-19-14)12(21)9-5-8(15)3-4-11(9)20/h3-7H,2H2,1H3,(H2,16,17,18,19,22). The Morgan fingerprint density at radius 2 is 2.27 bits per heavy atom. The van der Waals surface area contributed by atoms with E-state index >= 15 is 0 Å². The fourth-order valence-electron chi connectivity index (χ4n) is 2.23. The summed E-state index contributed by atoms with van der Waals surface area (Å²) in [5, 5.41) is 9.49. The van der Waals surface area contributed by atoms with Gasteiger partial charge in [0.2, 0.25) is 11.4 Å². The maximum absolute atomic E-state index is 12.5. The largest absolute Gasteiger partial charge is 0.347 e. The lowest BCUT2D eigenvalue weighted by Gasteiger charge is -2.11. The van der Waals surface area contributed by atoms with Crippen LogP contribution in [0.1, 0.15) is 17.3 Å². The zero-order valence-corrected chi connectivity index (χ0v) is 12.4. The molecule has 0 saturated heterocycles. The van der Waals surface area contributed by atoms with E-state index in [0.29, 0.717) is 17.0 Å². The van der Waals surface area contributed by atoms with Gasteiger partial charge >= 0.3 is 0 Å². The molecule has 0 aliphatic carbocycles. The summed E-state index contributed by atoms with van der Waals surface area (Å²) >= 11 is 5.96. The topological polar surface area (TPSA) is 92.7 Å². The molecule has 0 bridgehead atoms. The van der Waals surface area contributed by atoms with Gasteiger partial charge in [0.15, 0.2) is 0 Å². The summed E-state index contributed by atoms with van der Waals surface area (Å²) in [6, 6.07) is 5.04. The molecule has 0 aliphatic heterocycles. The molecule has 1 aromatic carbocycles. The van der Waals surface area contributed by atoms with Crippen LogP contribution >= 0.6 is 11.6 Å². The van der Waals surface area contributed by atoms with Crippen molar-refractivity contribution in [2.24, 2.45) is 0 Å². The first-order valence-corrected chi connectivity index (χ1v) is 6.97. The monoisotopic (exact) mass is 317 g/mol. The first kappa shape index (κ1) is 14.3. The third-order valence-electron chi connectivity index (χ3n) is 3.27. The number of aromatic nitrogens is 4. The average Bonchev–Trinajstić information content (AvgIpc) is 3.01. The molecule has 7 nitrogen and oxygen atoms in total. The number of nitrogens with one attached hydrogen (secondary N) is 2. The predicted octanol–water partition coefficient (Wildman–Crippen LogP) is 2.05. The summed E-state index contributed by atoms with van der Waals surface area (Å²) in [4.78, 5) is 28.6. The number of hydrogen-bond acceptors (Lipinski definition) is 4. The van der Waals surface area contributed by atoms with Gasteiger partial charge in [-0.1, -0.05) is 11.6 Å². The van der Waals surface area contributed by atoms with Crippen LogP contribution in [0.5, 0.6) is 0 Å². The van der Waals surface area contributed by atoms with Crippen LogP contribution in [0.2, 0.25) is 5.02 Å². The van der Waals surface area contributed by atoms with Gasteiger partial charge in [-0.2, -0.15) is 10.1 Å². The molecule has 0 atom stereocenters. The van der Waals surface area contributed by atoms with Gasteiger partial charge in [-0.25, -0.2) is 5.10 Å². The Morgan fingerprint density at radius 3 is 2.95 bits per heavy atom. The summed E-state index contributed by atoms with van der Waals surface area (Å²) in [6.07, 6.45) is 2.80. The molecule has 2 heterocycles. The maximum atomic E-state index is 12.5. The summed E-state index contributed by atoms with van der Waals surface area (Å²) in [6.45, 7) is 2.54. The molecule has 0 radical (unpaired) electrons. The lowest BCUT2D eigenvalue weighted by molar-refractivity contribution is 0.102. The van der Waals surface area contributed by atoms with Crippen molar-refractivity contribution in [3.8, 4) is 0 Å². The van der Waals surface area contributed by atoms with Crippen LogP contribution in [0.4, 0.5) is 5.95 Å². The van der Waals surface area contributed by atoms with Crippen molar-refractivity contribution in [2.75, 3.05) is 5.32 Å². The van der Waals surface area contributed by atoms with Crippen molar-refractivity contribution in [2.45, 2.75) is 13.5 Å². The van der Waals surface area contributed by atoms with E-state index in [1.165, 1.54) is 12.5 Å². The van der Waals surface area contributed by atoms with Gasteiger partial charge in [0.05, 0.1) is 5.52 Å². The number of carbonyl (C=O) groups is 1. The number of amides is 1. The molecule has 0 unspecified atom stereocenters. The second kappa shape index (κ2) is 5.61. The van der Waals surface area contributed by atoms with E-state index in [9.17, 15) is 9.59 Å². The van der Waals surface area contributed by atoms with Gasteiger partial charge in [-0.05, 0) is 25.1 Å². The van der Waals surface area contributed by atoms with Crippen LogP contribution in [0.3, 0.4) is 0 Å². The van der Waals surface area contributed by atoms with Crippen LogP contribution in [-0.2, 0) is 6.54 Å². The van der Waals surface area contributed by atoms with E-state index in [-0.39, 0.29) is 16.9 Å². The van der Waals surface area contributed by atoms with Gasteiger partial charge in [-0.15, -0.1) is 0 Å². The zero-order valence-electron chi connectivity index (χ0n) is 11.6. The summed E-state index contributed by atoms with van der Waals surface area (Å²) in [5.74, 6) is -0.371.